The van der Waals surface area contributed by atoms with E-state index in [-0.39, 0.29) is 5.41 Å². The molecule has 1 unspecified atom stereocenters. The van der Waals surface area contributed by atoms with Crippen molar-refractivity contribution in [3.05, 3.63) is 0 Å². The maximum absolute atomic E-state index is 12.1. The maximum Gasteiger partial charge on any atom is 0.222 e. The van der Waals surface area contributed by atoms with Crippen molar-refractivity contribution in [2.24, 2.45) is 17.3 Å². The first-order chi connectivity index (χ1) is 7.85. The van der Waals surface area contributed by atoms with E-state index in [1.165, 1.54) is 6.42 Å². The number of hydrogen-bond acceptors (Lipinski definition) is 1. The van der Waals surface area contributed by atoms with Gasteiger partial charge in [0, 0.05) is 24.8 Å². The predicted octanol–water partition coefficient (Wildman–Crippen LogP) is 3.69. The van der Waals surface area contributed by atoms with E-state index in [1.807, 2.05) is 0 Å². The maximum atomic E-state index is 12.1. The molecule has 1 fully saturated rings. The molecule has 3 heteroatoms. The van der Waals surface area contributed by atoms with Crippen LogP contribution in [-0.2, 0) is 4.79 Å². The second kappa shape index (κ2) is 6.21. The molecule has 0 radical (unpaired) electrons. The van der Waals surface area contributed by atoms with Crippen LogP contribution in [0.4, 0.5) is 0 Å². The van der Waals surface area contributed by atoms with Gasteiger partial charge in [-0.1, -0.05) is 43.6 Å². The molecule has 0 saturated carbocycles. The summed E-state index contributed by atoms with van der Waals surface area (Å²) in [5.41, 5.74) is 0.174. The minimum Gasteiger partial charge on any atom is -0.342 e. The highest BCUT2D eigenvalue weighted by Gasteiger charge is 2.28. The lowest BCUT2D eigenvalue weighted by molar-refractivity contribution is -0.131. The first-order valence-electron chi connectivity index (χ1n) is 6.69. The van der Waals surface area contributed by atoms with Crippen LogP contribution in [0.1, 0.15) is 47.0 Å². The number of amides is 1. The van der Waals surface area contributed by atoms with Gasteiger partial charge in [-0.2, -0.15) is 0 Å². The van der Waals surface area contributed by atoms with E-state index in [2.05, 4.69) is 48.5 Å². The van der Waals surface area contributed by atoms with Gasteiger partial charge in [-0.25, -0.2) is 0 Å². The Balaban J connectivity index is 2.59. The first kappa shape index (κ1) is 15.0. The largest absolute Gasteiger partial charge is 0.342 e. The van der Waals surface area contributed by atoms with Crippen LogP contribution >= 0.6 is 15.9 Å². The standard InChI is InChI=1S/C14H26BrNO/c1-11(2)12-5-6-13(17)16(8-7-12)10-14(3,4)9-15/h11-12H,5-10H2,1-4H3. The number of hydrogen-bond donors (Lipinski definition) is 0. The van der Waals surface area contributed by atoms with Crippen molar-refractivity contribution in [2.75, 3.05) is 18.4 Å². The summed E-state index contributed by atoms with van der Waals surface area (Å²) in [5.74, 6) is 1.77. The molecule has 0 bridgehead atoms. The van der Waals surface area contributed by atoms with Crippen LogP contribution in [0.15, 0.2) is 0 Å². The number of carbonyl (C=O) groups excluding carboxylic acids is 1. The van der Waals surface area contributed by atoms with Crippen LogP contribution in [0.5, 0.6) is 0 Å². The van der Waals surface area contributed by atoms with Gasteiger partial charge in [0.05, 0.1) is 0 Å². The van der Waals surface area contributed by atoms with E-state index in [0.717, 1.165) is 37.2 Å². The summed E-state index contributed by atoms with van der Waals surface area (Å²) in [6.45, 7) is 10.8. The Morgan fingerprint density at radius 3 is 2.59 bits per heavy atom. The van der Waals surface area contributed by atoms with Crippen molar-refractivity contribution in [3.8, 4) is 0 Å². The lowest BCUT2D eigenvalue weighted by Gasteiger charge is -2.31. The van der Waals surface area contributed by atoms with Crippen molar-refractivity contribution >= 4 is 21.8 Å². The Hall–Kier alpha value is -0.0500. The Bertz CT molecular complexity index is 263. The summed E-state index contributed by atoms with van der Waals surface area (Å²) in [4.78, 5) is 14.2. The van der Waals surface area contributed by atoms with Gasteiger partial charge in [0.1, 0.15) is 0 Å². The molecular formula is C14H26BrNO. The first-order valence-corrected chi connectivity index (χ1v) is 7.81. The number of rotatable bonds is 4. The van der Waals surface area contributed by atoms with Crippen LogP contribution in [-0.4, -0.2) is 29.2 Å². The van der Waals surface area contributed by atoms with Crippen molar-refractivity contribution < 1.29 is 4.79 Å². The lowest BCUT2D eigenvalue weighted by atomic mass is 9.89. The lowest BCUT2D eigenvalue weighted by Crippen LogP contribution is -2.39. The molecule has 0 aliphatic carbocycles. The van der Waals surface area contributed by atoms with Gasteiger partial charge >= 0.3 is 0 Å². The van der Waals surface area contributed by atoms with E-state index in [1.54, 1.807) is 0 Å². The summed E-state index contributed by atoms with van der Waals surface area (Å²) < 4.78 is 0. The minimum absolute atomic E-state index is 0.174. The normalized spacial score (nSPS) is 23.1. The number of halogens is 1. The van der Waals surface area contributed by atoms with E-state index in [9.17, 15) is 4.79 Å². The van der Waals surface area contributed by atoms with Gasteiger partial charge in [-0.15, -0.1) is 0 Å². The van der Waals surface area contributed by atoms with Crippen molar-refractivity contribution in [1.82, 2.24) is 4.90 Å². The molecule has 17 heavy (non-hydrogen) atoms. The average Bonchev–Trinajstić information content (AvgIpc) is 2.42. The van der Waals surface area contributed by atoms with E-state index in [4.69, 9.17) is 0 Å². The third-order valence-corrected chi connectivity index (χ3v) is 5.29. The zero-order chi connectivity index (χ0) is 13.1. The zero-order valence-electron chi connectivity index (χ0n) is 11.6. The highest BCUT2D eigenvalue weighted by molar-refractivity contribution is 9.09. The molecule has 1 amide bonds. The van der Waals surface area contributed by atoms with Gasteiger partial charge in [0.15, 0.2) is 0 Å². The van der Waals surface area contributed by atoms with Gasteiger partial charge in [-0.3, -0.25) is 4.79 Å². The Kier molecular flexibility index (Phi) is 5.49. The van der Waals surface area contributed by atoms with Crippen LogP contribution in [0.3, 0.4) is 0 Å². The van der Waals surface area contributed by atoms with Crippen molar-refractivity contribution in [3.63, 3.8) is 0 Å². The highest BCUT2D eigenvalue weighted by atomic mass is 79.9. The summed E-state index contributed by atoms with van der Waals surface area (Å²) in [6, 6.07) is 0. The minimum atomic E-state index is 0.174. The summed E-state index contributed by atoms with van der Waals surface area (Å²) >= 11 is 3.53. The number of alkyl halides is 1. The van der Waals surface area contributed by atoms with Crippen LogP contribution in [0.25, 0.3) is 0 Å². The Labute approximate surface area is 114 Å². The molecule has 1 atom stereocenters. The van der Waals surface area contributed by atoms with Gasteiger partial charge in [0.2, 0.25) is 5.91 Å². The summed E-state index contributed by atoms with van der Waals surface area (Å²) in [5, 5.41) is 0.942. The van der Waals surface area contributed by atoms with Gasteiger partial charge in [-0.05, 0) is 30.1 Å². The quantitative estimate of drug-likeness (QED) is 0.725. The van der Waals surface area contributed by atoms with Crippen LogP contribution < -0.4 is 0 Å². The molecule has 1 rings (SSSR count). The molecule has 1 heterocycles. The van der Waals surface area contributed by atoms with E-state index in [0.29, 0.717) is 11.8 Å². The molecule has 100 valence electrons. The Morgan fingerprint density at radius 2 is 2.06 bits per heavy atom. The van der Waals surface area contributed by atoms with Gasteiger partial charge < -0.3 is 4.90 Å². The third-order valence-electron chi connectivity index (χ3n) is 3.77. The van der Waals surface area contributed by atoms with Gasteiger partial charge in [0.25, 0.3) is 0 Å². The Morgan fingerprint density at radius 1 is 1.41 bits per heavy atom. The molecule has 1 aliphatic heterocycles. The summed E-state index contributed by atoms with van der Waals surface area (Å²) in [7, 11) is 0. The molecule has 0 aromatic heterocycles. The average molecular weight is 304 g/mol. The highest BCUT2D eigenvalue weighted by Crippen LogP contribution is 2.27. The molecule has 1 aliphatic rings. The SMILES string of the molecule is CC(C)C1CCC(=O)N(CC(C)(C)CBr)CC1. The topological polar surface area (TPSA) is 20.3 Å². The fraction of sp³-hybridized carbons (Fsp3) is 0.929. The molecule has 0 N–H and O–H groups in total. The second-order valence-corrected chi connectivity index (χ2v) is 7.01. The molecular weight excluding hydrogens is 278 g/mol. The van der Waals surface area contributed by atoms with E-state index >= 15 is 0 Å². The smallest absolute Gasteiger partial charge is 0.222 e. The molecule has 0 spiro atoms. The van der Waals surface area contributed by atoms with E-state index < -0.39 is 0 Å². The van der Waals surface area contributed by atoms with Crippen LogP contribution in [0.2, 0.25) is 0 Å². The second-order valence-electron chi connectivity index (χ2n) is 6.44. The third kappa shape index (κ3) is 4.61. The monoisotopic (exact) mass is 303 g/mol. The molecule has 2 nitrogen and oxygen atoms in total. The van der Waals surface area contributed by atoms with Crippen LogP contribution in [0, 0.1) is 17.3 Å². The number of carbonyl (C=O) groups is 1. The fourth-order valence-corrected chi connectivity index (χ4v) is 2.63. The number of likely N-dealkylation sites (tertiary alicyclic amines) is 1. The summed E-state index contributed by atoms with van der Waals surface area (Å²) in [6.07, 6.45) is 2.98. The molecule has 0 aromatic carbocycles. The van der Waals surface area contributed by atoms with Crippen molar-refractivity contribution in [2.45, 2.75) is 47.0 Å². The zero-order valence-corrected chi connectivity index (χ0v) is 13.2. The predicted molar refractivity (Wildman–Crippen MR) is 76.3 cm³/mol. The molecule has 1 saturated heterocycles. The number of nitrogens with zero attached hydrogens (tertiary/aromatic N) is 1. The van der Waals surface area contributed by atoms with Crippen molar-refractivity contribution in [1.29, 1.82) is 0 Å². The molecule has 0 aromatic rings. The fourth-order valence-electron chi connectivity index (χ4n) is 2.45.